The zero-order chi connectivity index (χ0) is 10.6. The first-order valence-corrected chi connectivity index (χ1v) is 5.82. The number of carbonyl (C=O) groups is 1. The predicted molar refractivity (Wildman–Crippen MR) is 67.4 cm³/mol. The van der Waals surface area contributed by atoms with E-state index in [1.165, 1.54) is 0 Å². The monoisotopic (exact) mass is 303 g/mol. The van der Waals surface area contributed by atoms with Gasteiger partial charge in [0.1, 0.15) is 0 Å². The lowest BCUT2D eigenvalue weighted by molar-refractivity contribution is 0.0980. The van der Waals surface area contributed by atoms with Crippen molar-refractivity contribution in [2.75, 3.05) is 5.73 Å². The molecule has 0 unspecified atom stereocenters. The summed E-state index contributed by atoms with van der Waals surface area (Å²) in [5, 5.41) is 0. The van der Waals surface area contributed by atoms with E-state index in [9.17, 15) is 4.79 Å². The SMILES string of the molecule is CCCCC(=O)c1c(N)cccc1I. The van der Waals surface area contributed by atoms with Crippen molar-refractivity contribution in [1.29, 1.82) is 0 Å². The van der Waals surface area contributed by atoms with Crippen LogP contribution < -0.4 is 5.73 Å². The third kappa shape index (κ3) is 2.70. The predicted octanol–water partition coefficient (Wildman–Crippen LogP) is 3.25. The maximum Gasteiger partial charge on any atom is 0.166 e. The van der Waals surface area contributed by atoms with Crippen LogP contribution in [0.3, 0.4) is 0 Å². The molecule has 0 radical (unpaired) electrons. The minimum absolute atomic E-state index is 0.161. The number of rotatable bonds is 4. The second-order valence-corrected chi connectivity index (χ2v) is 4.39. The van der Waals surface area contributed by atoms with Crippen molar-refractivity contribution < 1.29 is 4.79 Å². The van der Waals surface area contributed by atoms with Crippen molar-refractivity contribution in [3.05, 3.63) is 27.3 Å². The average molecular weight is 303 g/mol. The van der Waals surface area contributed by atoms with Crippen LogP contribution in [0.5, 0.6) is 0 Å². The van der Waals surface area contributed by atoms with E-state index in [4.69, 9.17) is 5.73 Å². The van der Waals surface area contributed by atoms with Gasteiger partial charge in [0.2, 0.25) is 0 Å². The van der Waals surface area contributed by atoms with Gasteiger partial charge < -0.3 is 5.73 Å². The van der Waals surface area contributed by atoms with E-state index in [0.717, 1.165) is 16.4 Å². The fraction of sp³-hybridized carbons (Fsp3) is 0.364. The standard InChI is InChI=1S/C11H14INO/c1-2-3-7-10(14)11-8(12)5-4-6-9(11)13/h4-6H,2-3,7,13H2,1H3. The highest BCUT2D eigenvalue weighted by Gasteiger charge is 2.12. The lowest BCUT2D eigenvalue weighted by Gasteiger charge is -2.06. The molecule has 0 aliphatic rings. The highest BCUT2D eigenvalue weighted by atomic mass is 127. The van der Waals surface area contributed by atoms with Gasteiger partial charge in [0, 0.05) is 15.7 Å². The number of nitrogens with two attached hydrogens (primary N) is 1. The summed E-state index contributed by atoms with van der Waals surface area (Å²) in [6, 6.07) is 5.56. The smallest absolute Gasteiger partial charge is 0.166 e. The molecule has 1 aromatic carbocycles. The second kappa shape index (κ2) is 5.34. The molecular weight excluding hydrogens is 289 g/mol. The van der Waals surface area contributed by atoms with Crippen LogP contribution in [0.25, 0.3) is 0 Å². The Morgan fingerprint density at radius 1 is 1.50 bits per heavy atom. The summed E-state index contributed by atoms with van der Waals surface area (Å²) in [5.41, 5.74) is 7.06. The molecule has 0 atom stereocenters. The van der Waals surface area contributed by atoms with E-state index in [-0.39, 0.29) is 5.78 Å². The molecule has 0 aliphatic heterocycles. The summed E-state index contributed by atoms with van der Waals surface area (Å²) in [4.78, 5) is 11.8. The molecule has 1 aromatic rings. The summed E-state index contributed by atoms with van der Waals surface area (Å²) < 4.78 is 0.948. The van der Waals surface area contributed by atoms with Crippen LogP contribution in [0.1, 0.15) is 36.5 Å². The van der Waals surface area contributed by atoms with Crippen molar-refractivity contribution in [1.82, 2.24) is 0 Å². The summed E-state index contributed by atoms with van der Waals surface area (Å²) >= 11 is 2.15. The number of benzene rings is 1. The van der Waals surface area contributed by atoms with Crippen LogP contribution in [0.15, 0.2) is 18.2 Å². The second-order valence-electron chi connectivity index (χ2n) is 3.23. The quantitative estimate of drug-likeness (QED) is 0.527. The van der Waals surface area contributed by atoms with E-state index in [2.05, 4.69) is 29.5 Å². The van der Waals surface area contributed by atoms with Gasteiger partial charge in [-0.15, -0.1) is 0 Å². The molecule has 1 rings (SSSR count). The molecular formula is C11H14INO. The average Bonchev–Trinajstić information content (AvgIpc) is 2.14. The number of ketones is 1. The lowest BCUT2D eigenvalue weighted by Crippen LogP contribution is -2.05. The molecule has 0 amide bonds. The Balaban J connectivity index is 2.89. The summed E-state index contributed by atoms with van der Waals surface area (Å²) in [6.07, 6.45) is 2.57. The van der Waals surface area contributed by atoms with E-state index in [1.54, 1.807) is 6.07 Å². The normalized spacial score (nSPS) is 10.1. The molecule has 2 nitrogen and oxygen atoms in total. The van der Waals surface area contributed by atoms with Crippen LogP contribution in [-0.2, 0) is 0 Å². The Kier molecular flexibility index (Phi) is 4.38. The maximum absolute atomic E-state index is 11.8. The van der Waals surface area contributed by atoms with Crippen molar-refractivity contribution in [2.24, 2.45) is 0 Å². The molecule has 0 fully saturated rings. The Labute approximate surface area is 98.0 Å². The summed E-state index contributed by atoms with van der Waals surface area (Å²) in [6.45, 7) is 2.08. The van der Waals surface area contributed by atoms with E-state index < -0.39 is 0 Å². The van der Waals surface area contributed by atoms with Gasteiger partial charge in [0.25, 0.3) is 0 Å². The number of hydrogen-bond donors (Lipinski definition) is 1. The van der Waals surface area contributed by atoms with Gasteiger partial charge >= 0.3 is 0 Å². The Morgan fingerprint density at radius 2 is 2.21 bits per heavy atom. The number of Topliss-reactive ketones (excluding diaryl/α,β-unsaturated/α-hetero) is 1. The van der Waals surface area contributed by atoms with E-state index >= 15 is 0 Å². The number of unbranched alkanes of at least 4 members (excludes halogenated alkanes) is 1. The molecule has 76 valence electrons. The molecule has 14 heavy (non-hydrogen) atoms. The number of nitrogen functional groups attached to an aromatic ring is 1. The van der Waals surface area contributed by atoms with Crippen molar-refractivity contribution >= 4 is 34.1 Å². The third-order valence-electron chi connectivity index (χ3n) is 2.08. The first-order valence-electron chi connectivity index (χ1n) is 4.74. The van der Waals surface area contributed by atoms with Crippen LogP contribution in [0.2, 0.25) is 0 Å². The molecule has 0 spiro atoms. The minimum atomic E-state index is 0.161. The molecule has 0 bridgehead atoms. The minimum Gasteiger partial charge on any atom is -0.398 e. The molecule has 3 heteroatoms. The fourth-order valence-electron chi connectivity index (χ4n) is 1.30. The number of hydrogen-bond acceptors (Lipinski definition) is 2. The number of carbonyl (C=O) groups excluding carboxylic acids is 1. The van der Waals surface area contributed by atoms with Crippen LogP contribution in [0.4, 0.5) is 5.69 Å². The van der Waals surface area contributed by atoms with Crippen LogP contribution >= 0.6 is 22.6 Å². The molecule has 0 saturated heterocycles. The molecule has 0 saturated carbocycles. The van der Waals surface area contributed by atoms with Crippen molar-refractivity contribution in [2.45, 2.75) is 26.2 Å². The number of halogens is 1. The molecule has 2 N–H and O–H groups in total. The van der Waals surface area contributed by atoms with E-state index in [0.29, 0.717) is 17.7 Å². The van der Waals surface area contributed by atoms with Gasteiger partial charge in [-0.3, -0.25) is 4.79 Å². The Bertz CT molecular complexity index is 316. The third-order valence-corrected chi connectivity index (χ3v) is 2.98. The zero-order valence-corrected chi connectivity index (χ0v) is 10.4. The van der Waals surface area contributed by atoms with Gasteiger partial charge in [-0.1, -0.05) is 19.4 Å². The topological polar surface area (TPSA) is 43.1 Å². The van der Waals surface area contributed by atoms with Crippen molar-refractivity contribution in [3.63, 3.8) is 0 Å². The van der Waals surface area contributed by atoms with Gasteiger partial charge in [-0.05, 0) is 41.1 Å². The highest BCUT2D eigenvalue weighted by Crippen LogP contribution is 2.21. The van der Waals surface area contributed by atoms with E-state index in [1.807, 2.05) is 12.1 Å². The Morgan fingerprint density at radius 3 is 2.79 bits per heavy atom. The number of anilines is 1. The Hall–Kier alpha value is -0.580. The van der Waals surface area contributed by atoms with Crippen molar-refractivity contribution in [3.8, 4) is 0 Å². The highest BCUT2D eigenvalue weighted by molar-refractivity contribution is 14.1. The first kappa shape index (κ1) is 11.5. The summed E-state index contributed by atoms with van der Waals surface area (Å²) in [5.74, 6) is 0.161. The fourth-order valence-corrected chi connectivity index (χ4v) is 2.12. The first-order chi connectivity index (χ1) is 6.66. The molecule has 0 aliphatic carbocycles. The van der Waals surface area contributed by atoms with Gasteiger partial charge in [-0.25, -0.2) is 0 Å². The maximum atomic E-state index is 11.8. The zero-order valence-electron chi connectivity index (χ0n) is 8.22. The largest absolute Gasteiger partial charge is 0.398 e. The van der Waals surface area contributed by atoms with Crippen LogP contribution in [0, 0.1) is 3.57 Å². The van der Waals surface area contributed by atoms with Gasteiger partial charge in [-0.2, -0.15) is 0 Å². The van der Waals surface area contributed by atoms with Gasteiger partial charge in [0.05, 0.1) is 5.56 Å². The van der Waals surface area contributed by atoms with Gasteiger partial charge in [0.15, 0.2) is 5.78 Å². The molecule has 0 aromatic heterocycles. The molecule has 0 heterocycles. The van der Waals surface area contributed by atoms with Crippen LogP contribution in [-0.4, -0.2) is 5.78 Å². The lowest BCUT2D eigenvalue weighted by atomic mass is 10.0. The summed E-state index contributed by atoms with van der Waals surface area (Å²) in [7, 11) is 0.